The zero-order valence-corrected chi connectivity index (χ0v) is 13.8. The Balaban J connectivity index is 2.80. The van der Waals surface area contributed by atoms with E-state index in [2.05, 4.69) is 44.5 Å². The van der Waals surface area contributed by atoms with Crippen LogP contribution in [0.4, 0.5) is 0 Å². The van der Waals surface area contributed by atoms with E-state index in [1.807, 2.05) is 0 Å². The molecule has 1 aliphatic rings. The van der Waals surface area contributed by atoms with E-state index >= 15 is 0 Å². The Hall–Kier alpha value is -0.120. The maximum absolute atomic E-state index is 6.22. The zero-order valence-electron chi connectivity index (χ0n) is 13.8. The van der Waals surface area contributed by atoms with Gasteiger partial charge in [0.2, 0.25) is 0 Å². The summed E-state index contributed by atoms with van der Waals surface area (Å²) in [6.45, 7) is 13.7. The molecule has 0 aromatic carbocycles. The fraction of sp³-hybridized carbons (Fsp3) is 1.00. The van der Waals surface area contributed by atoms with Gasteiger partial charge in [-0.3, -0.25) is 4.90 Å². The highest BCUT2D eigenvalue weighted by atomic mass is 15.3. The molecule has 2 N–H and O–H groups in total. The van der Waals surface area contributed by atoms with Crippen molar-refractivity contribution in [3.8, 4) is 0 Å². The second-order valence-corrected chi connectivity index (χ2v) is 6.85. The Bertz CT molecular complexity index is 265. The normalized spacial score (nSPS) is 26.7. The molecule has 1 rings (SSSR count). The smallest absolute Gasteiger partial charge is 0.0346 e. The number of rotatable bonds is 6. The topological polar surface area (TPSA) is 32.5 Å². The van der Waals surface area contributed by atoms with Crippen molar-refractivity contribution in [2.75, 3.05) is 33.2 Å². The van der Waals surface area contributed by atoms with Gasteiger partial charge in [-0.1, -0.05) is 13.8 Å². The van der Waals surface area contributed by atoms with Crippen molar-refractivity contribution in [2.45, 2.75) is 70.9 Å². The van der Waals surface area contributed by atoms with Crippen molar-refractivity contribution in [2.24, 2.45) is 5.73 Å². The zero-order chi connectivity index (χ0) is 14.5. The van der Waals surface area contributed by atoms with Gasteiger partial charge in [0.25, 0.3) is 0 Å². The first-order chi connectivity index (χ1) is 8.91. The second kappa shape index (κ2) is 7.05. The molecule has 1 saturated heterocycles. The van der Waals surface area contributed by atoms with Crippen molar-refractivity contribution in [3.63, 3.8) is 0 Å². The Morgan fingerprint density at radius 1 is 1.21 bits per heavy atom. The number of nitrogens with zero attached hydrogens (tertiary/aromatic N) is 2. The minimum absolute atomic E-state index is 0.196. The van der Waals surface area contributed by atoms with E-state index in [-0.39, 0.29) is 11.1 Å². The van der Waals surface area contributed by atoms with E-state index in [4.69, 9.17) is 5.73 Å². The molecule has 0 aliphatic carbocycles. The molecule has 1 fully saturated rings. The lowest BCUT2D eigenvalue weighted by Gasteiger charge is -2.49. The van der Waals surface area contributed by atoms with Gasteiger partial charge in [-0.2, -0.15) is 0 Å². The predicted octanol–water partition coefficient (Wildman–Crippen LogP) is 2.70. The van der Waals surface area contributed by atoms with Crippen molar-refractivity contribution in [3.05, 3.63) is 0 Å². The van der Waals surface area contributed by atoms with Crippen molar-refractivity contribution in [1.29, 1.82) is 0 Å². The van der Waals surface area contributed by atoms with Gasteiger partial charge in [0.1, 0.15) is 0 Å². The number of likely N-dealkylation sites (tertiary alicyclic amines) is 1. The third-order valence-electron chi connectivity index (χ3n) is 5.41. The summed E-state index contributed by atoms with van der Waals surface area (Å²) in [6, 6.07) is 0. The fourth-order valence-electron chi connectivity index (χ4n) is 3.33. The summed E-state index contributed by atoms with van der Waals surface area (Å²) in [5.74, 6) is 0. The van der Waals surface area contributed by atoms with Crippen LogP contribution in [0.3, 0.4) is 0 Å². The minimum Gasteiger partial charge on any atom is -0.329 e. The lowest BCUT2D eigenvalue weighted by Crippen LogP contribution is -2.60. The maximum Gasteiger partial charge on any atom is 0.0346 e. The summed E-state index contributed by atoms with van der Waals surface area (Å²) in [6.07, 6.45) is 6.16. The number of likely N-dealkylation sites (N-methyl/N-ethyl adjacent to an activating group) is 1. The molecule has 0 aromatic rings. The fourth-order valence-corrected chi connectivity index (χ4v) is 3.33. The average molecular weight is 269 g/mol. The number of nitrogens with two attached hydrogens (primary N) is 1. The lowest BCUT2D eigenvalue weighted by atomic mass is 9.84. The highest BCUT2D eigenvalue weighted by Crippen LogP contribution is 2.33. The minimum atomic E-state index is 0.196. The summed E-state index contributed by atoms with van der Waals surface area (Å²) in [5, 5.41) is 0. The first-order valence-electron chi connectivity index (χ1n) is 8.08. The summed E-state index contributed by atoms with van der Waals surface area (Å²) in [4.78, 5) is 5.19. The number of hydrogen-bond acceptors (Lipinski definition) is 3. The van der Waals surface area contributed by atoms with Gasteiger partial charge in [0.05, 0.1) is 0 Å². The van der Waals surface area contributed by atoms with E-state index in [0.717, 1.165) is 6.54 Å². The van der Waals surface area contributed by atoms with Gasteiger partial charge in [-0.05, 0) is 72.6 Å². The van der Waals surface area contributed by atoms with Crippen LogP contribution in [0.1, 0.15) is 59.8 Å². The monoisotopic (exact) mass is 269 g/mol. The molecule has 0 amide bonds. The molecular formula is C16H35N3. The van der Waals surface area contributed by atoms with Crippen LogP contribution < -0.4 is 5.73 Å². The molecule has 0 saturated carbocycles. The highest BCUT2D eigenvalue weighted by Gasteiger charge is 2.40. The molecule has 114 valence electrons. The highest BCUT2D eigenvalue weighted by molar-refractivity contribution is 4.98. The van der Waals surface area contributed by atoms with Crippen molar-refractivity contribution >= 4 is 0 Å². The van der Waals surface area contributed by atoms with Gasteiger partial charge in [-0.15, -0.1) is 0 Å². The molecule has 0 radical (unpaired) electrons. The molecular weight excluding hydrogens is 234 g/mol. The van der Waals surface area contributed by atoms with Crippen molar-refractivity contribution in [1.82, 2.24) is 9.80 Å². The summed E-state index contributed by atoms with van der Waals surface area (Å²) in [7, 11) is 2.28. The molecule has 3 nitrogen and oxygen atoms in total. The first kappa shape index (κ1) is 16.9. The Morgan fingerprint density at radius 3 is 2.42 bits per heavy atom. The van der Waals surface area contributed by atoms with E-state index in [1.165, 1.54) is 51.7 Å². The molecule has 19 heavy (non-hydrogen) atoms. The summed E-state index contributed by atoms with van der Waals surface area (Å²) in [5.41, 5.74) is 6.65. The van der Waals surface area contributed by atoms with Gasteiger partial charge in [-0.25, -0.2) is 0 Å². The Labute approximate surface area is 120 Å². The molecule has 1 heterocycles. The number of hydrogen-bond donors (Lipinski definition) is 1. The van der Waals surface area contributed by atoms with Gasteiger partial charge >= 0.3 is 0 Å². The first-order valence-corrected chi connectivity index (χ1v) is 8.08. The molecule has 3 heteroatoms. The van der Waals surface area contributed by atoms with Crippen LogP contribution in [0.15, 0.2) is 0 Å². The van der Waals surface area contributed by atoms with Crippen molar-refractivity contribution < 1.29 is 0 Å². The van der Waals surface area contributed by atoms with Crippen LogP contribution in [0, 0.1) is 0 Å². The third kappa shape index (κ3) is 3.93. The van der Waals surface area contributed by atoms with Crippen LogP contribution in [-0.4, -0.2) is 54.1 Å². The molecule has 1 aliphatic heterocycles. The largest absolute Gasteiger partial charge is 0.329 e. The van der Waals surface area contributed by atoms with Gasteiger partial charge in [0, 0.05) is 17.6 Å². The van der Waals surface area contributed by atoms with Crippen LogP contribution >= 0.6 is 0 Å². The lowest BCUT2D eigenvalue weighted by molar-refractivity contribution is 0.0133. The average Bonchev–Trinajstić information content (AvgIpc) is 2.62. The van der Waals surface area contributed by atoms with E-state index in [0.29, 0.717) is 0 Å². The van der Waals surface area contributed by atoms with Gasteiger partial charge in [0.15, 0.2) is 0 Å². The van der Waals surface area contributed by atoms with Crippen LogP contribution in [0.5, 0.6) is 0 Å². The molecule has 0 bridgehead atoms. The van der Waals surface area contributed by atoms with E-state index in [9.17, 15) is 0 Å². The Kier molecular flexibility index (Phi) is 6.28. The summed E-state index contributed by atoms with van der Waals surface area (Å²) >= 11 is 0. The van der Waals surface area contributed by atoms with Gasteiger partial charge < -0.3 is 10.6 Å². The van der Waals surface area contributed by atoms with Crippen LogP contribution in [0.25, 0.3) is 0 Å². The molecule has 1 unspecified atom stereocenters. The quantitative estimate of drug-likeness (QED) is 0.805. The van der Waals surface area contributed by atoms with E-state index in [1.54, 1.807) is 0 Å². The predicted molar refractivity (Wildman–Crippen MR) is 84.5 cm³/mol. The molecule has 0 aromatic heterocycles. The SMILES string of the molecule is CCCN1CCCC(CN)(N(C)C(C)(C)CC)CC1. The van der Waals surface area contributed by atoms with Crippen LogP contribution in [-0.2, 0) is 0 Å². The Morgan fingerprint density at radius 2 is 1.89 bits per heavy atom. The molecule has 0 spiro atoms. The molecule has 1 atom stereocenters. The van der Waals surface area contributed by atoms with Crippen LogP contribution in [0.2, 0.25) is 0 Å². The maximum atomic E-state index is 6.22. The standard InChI is InChI=1S/C16H35N3/c1-6-11-19-12-8-9-16(14-17,10-13-19)18(5)15(3,4)7-2/h6-14,17H2,1-5H3. The van der Waals surface area contributed by atoms with E-state index < -0.39 is 0 Å². The second-order valence-electron chi connectivity index (χ2n) is 6.85. The summed E-state index contributed by atoms with van der Waals surface area (Å²) < 4.78 is 0. The third-order valence-corrected chi connectivity index (χ3v) is 5.41.